The topological polar surface area (TPSA) is 66.8 Å². The van der Waals surface area contributed by atoms with Crippen molar-refractivity contribution in [2.75, 3.05) is 11.4 Å². The van der Waals surface area contributed by atoms with Crippen LogP contribution in [0.25, 0.3) is 0 Å². The third-order valence-corrected chi connectivity index (χ3v) is 3.77. The number of ether oxygens (including phenoxy) is 1. The summed E-state index contributed by atoms with van der Waals surface area (Å²) in [5.74, 6) is -0.511. The molecule has 2 aliphatic rings. The van der Waals surface area contributed by atoms with Gasteiger partial charge >= 0.3 is 5.97 Å². The number of rotatable bonds is 2. The van der Waals surface area contributed by atoms with Crippen molar-refractivity contribution >= 4 is 17.6 Å². The van der Waals surface area contributed by atoms with Gasteiger partial charge < -0.3 is 14.7 Å². The number of fused-ring (bicyclic) bond motifs is 1. The number of benzene rings is 1. The van der Waals surface area contributed by atoms with Crippen LogP contribution in [-0.4, -0.2) is 29.6 Å². The second kappa shape index (κ2) is 4.57. The molecule has 3 rings (SSSR count). The highest BCUT2D eigenvalue weighted by atomic mass is 16.5. The first kappa shape index (κ1) is 12.0. The first-order valence-corrected chi connectivity index (χ1v) is 6.46. The van der Waals surface area contributed by atoms with Gasteiger partial charge in [0.25, 0.3) is 0 Å². The number of carbonyl (C=O) groups excluding carboxylic acids is 1. The molecule has 1 heterocycles. The number of nitrogens with zero attached hydrogens (tertiary/aromatic N) is 1. The molecule has 5 nitrogen and oxygen atoms in total. The Morgan fingerprint density at radius 3 is 2.63 bits per heavy atom. The zero-order chi connectivity index (χ0) is 13.4. The maximum absolute atomic E-state index is 12.4. The lowest BCUT2D eigenvalue weighted by molar-refractivity contribution is -0.145. The predicted molar refractivity (Wildman–Crippen MR) is 68.2 cm³/mol. The van der Waals surface area contributed by atoms with Gasteiger partial charge in [-0.2, -0.15) is 0 Å². The fourth-order valence-corrected chi connectivity index (χ4v) is 2.45. The van der Waals surface area contributed by atoms with Gasteiger partial charge in [0.2, 0.25) is 12.0 Å². The lowest BCUT2D eigenvalue weighted by Gasteiger charge is -2.37. The van der Waals surface area contributed by atoms with Crippen LogP contribution in [0.15, 0.2) is 24.3 Å². The minimum atomic E-state index is -1.04. The van der Waals surface area contributed by atoms with Crippen LogP contribution in [0, 0.1) is 5.92 Å². The van der Waals surface area contributed by atoms with E-state index in [1.807, 2.05) is 6.07 Å². The number of para-hydroxylation sites is 2. The molecule has 19 heavy (non-hydrogen) atoms. The molecule has 0 spiro atoms. The summed E-state index contributed by atoms with van der Waals surface area (Å²) in [6.45, 7) is 0.0850. The summed E-state index contributed by atoms with van der Waals surface area (Å²) >= 11 is 0. The molecule has 1 aromatic carbocycles. The molecule has 1 amide bonds. The average molecular weight is 261 g/mol. The molecule has 0 radical (unpaired) electrons. The Bertz CT molecular complexity index is 524. The average Bonchev–Trinajstić information content (AvgIpc) is 2.35. The maximum atomic E-state index is 12.4. The third-order valence-electron chi connectivity index (χ3n) is 3.77. The van der Waals surface area contributed by atoms with E-state index in [4.69, 9.17) is 9.84 Å². The molecule has 1 fully saturated rings. The highest BCUT2D eigenvalue weighted by Gasteiger charge is 2.37. The second-order valence-corrected chi connectivity index (χ2v) is 4.99. The van der Waals surface area contributed by atoms with Gasteiger partial charge in [0.05, 0.1) is 12.2 Å². The van der Waals surface area contributed by atoms with E-state index in [-0.39, 0.29) is 18.4 Å². The van der Waals surface area contributed by atoms with Crippen molar-refractivity contribution in [3.63, 3.8) is 0 Å². The number of carboxylic acids is 1. The highest BCUT2D eigenvalue weighted by molar-refractivity contribution is 5.98. The van der Waals surface area contributed by atoms with Crippen LogP contribution >= 0.6 is 0 Å². The molecular formula is C14H15NO4. The summed E-state index contributed by atoms with van der Waals surface area (Å²) in [5, 5.41) is 9.11. The van der Waals surface area contributed by atoms with Crippen molar-refractivity contribution in [1.29, 1.82) is 0 Å². The molecule has 1 aliphatic heterocycles. The summed E-state index contributed by atoms with van der Waals surface area (Å²) in [7, 11) is 0. The maximum Gasteiger partial charge on any atom is 0.346 e. The van der Waals surface area contributed by atoms with E-state index in [1.54, 1.807) is 23.1 Å². The molecule has 1 N–H and O–H groups in total. The van der Waals surface area contributed by atoms with E-state index in [9.17, 15) is 9.59 Å². The summed E-state index contributed by atoms with van der Waals surface area (Å²) < 4.78 is 5.41. The van der Waals surface area contributed by atoms with Crippen LogP contribution < -0.4 is 9.64 Å². The Kier molecular flexibility index (Phi) is 2.89. The standard InChI is InChI=1S/C14H15NO4/c16-13(9-4-3-5-9)15-8-12(14(17)18)19-11-7-2-1-6-10(11)15/h1-2,6-7,9,12H,3-5,8H2,(H,17,18). The van der Waals surface area contributed by atoms with Crippen LogP contribution in [0.5, 0.6) is 5.75 Å². The van der Waals surface area contributed by atoms with Crippen LogP contribution in [-0.2, 0) is 9.59 Å². The van der Waals surface area contributed by atoms with Gasteiger partial charge in [-0.3, -0.25) is 4.79 Å². The van der Waals surface area contributed by atoms with E-state index < -0.39 is 12.1 Å². The normalized spacial score (nSPS) is 22.1. The van der Waals surface area contributed by atoms with Crippen molar-refractivity contribution in [3.05, 3.63) is 24.3 Å². The van der Waals surface area contributed by atoms with Gasteiger partial charge in [-0.1, -0.05) is 18.6 Å². The van der Waals surface area contributed by atoms with Crippen molar-refractivity contribution in [3.8, 4) is 5.75 Å². The predicted octanol–water partition coefficient (Wildman–Crippen LogP) is 1.67. The van der Waals surface area contributed by atoms with Gasteiger partial charge in [0.15, 0.2) is 0 Å². The summed E-state index contributed by atoms with van der Waals surface area (Å²) in [6.07, 6.45) is 1.88. The molecule has 0 bridgehead atoms. The molecule has 0 aromatic heterocycles. The fraction of sp³-hybridized carbons (Fsp3) is 0.429. The van der Waals surface area contributed by atoms with Gasteiger partial charge in [-0.05, 0) is 25.0 Å². The second-order valence-electron chi connectivity index (χ2n) is 4.99. The monoisotopic (exact) mass is 261 g/mol. The molecule has 5 heteroatoms. The van der Waals surface area contributed by atoms with E-state index in [2.05, 4.69) is 0 Å². The Balaban J connectivity index is 1.93. The van der Waals surface area contributed by atoms with Crippen molar-refractivity contribution in [1.82, 2.24) is 0 Å². The number of carbonyl (C=O) groups is 2. The Labute approximate surface area is 110 Å². The molecule has 1 aromatic rings. The number of anilines is 1. The summed E-state index contributed by atoms with van der Waals surface area (Å²) in [5.41, 5.74) is 0.678. The van der Waals surface area contributed by atoms with Crippen LogP contribution in [0.3, 0.4) is 0 Å². The van der Waals surface area contributed by atoms with Crippen LogP contribution in [0.4, 0.5) is 5.69 Å². The van der Waals surface area contributed by atoms with E-state index in [0.717, 1.165) is 19.3 Å². The third kappa shape index (κ3) is 2.05. The fourth-order valence-electron chi connectivity index (χ4n) is 2.45. The first-order valence-electron chi connectivity index (χ1n) is 6.46. The molecule has 100 valence electrons. The number of hydrogen-bond acceptors (Lipinski definition) is 3. The van der Waals surface area contributed by atoms with Crippen molar-refractivity contribution in [2.45, 2.75) is 25.4 Å². The molecule has 1 unspecified atom stereocenters. The smallest absolute Gasteiger partial charge is 0.346 e. The largest absolute Gasteiger partial charge is 0.478 e. The number of carboxylic acid groups (broad SMARTS) is 1. The van der Waals surface area contributed by atoms with Gasteiger partial charge in [-0.25, -0.2) is 4.79 Å². The molecule has 1 aliphatic carbocycles. The Hall–Kier alpha value is -2.04. The first-order chi connectivity index (χ1) is 9.16. The molecule has 1 saturated carbocycles. The van der Waals surface area contributed by atoms with Crippen molar-refractivity contribution < 1.29 is 19.4 Å². The number of aliphatic carboxylic acids is 1. The zero-order valence-corrected chi connectivity index (χ0v) is 10.4. The lowest BCUT2D eigenvalue weighted by Crippen LogP contribution is -2.49. The van der Waals surface area contributed by atoms with Crippen molar-refractivity contribution in [2.24, 2.45) is 5.92 Å². The molecule has 0 saturated heterocycles. The minimum absolute atomic E-state index is 0.0215. The number of amides is 1. The SMILES string of the molecule is O=C(O)C1CN(C(=O)C2CCC2)c2ccccc2O1. The van der Waals surface area contributed by atoms with Crippen LogP contribution in [0.1, 0.15) is 19.3 Å². The molecule has 1 atom stereocenters. The Morgan fingerprint density at radius 1 is 1.26 bits per heavy atom. The highest BCUT2D eigenvalue weighted by Crippen LogP contribution is 2.37. The Morgan fingerprint density at radius 2 is 2.00 bits per heavy atom. The van der Waals surface area contributed by atoms with Gasteiger partial charge in [-0.15, -0.1) is 0 Å². The van der Waals surface area contributed by atoms with Gasteiger partial charge in [0, 0.05) is 5.92 Å². The van der Waals surface area contributed by atoms with Crippen LogP contribution in [0.2, 0.25) is 0 Å². The zero-order valence-electron chi connectivity index (χ0n) is 10.4. The van der Waals surface area contributed by atoms with E-state index in [1.165, 1.54) is 0 Å². The quantitative estimate of drug-likeness (QED) is 0.879. The summed E-state index contributed by atoms with van der Waals surface area (Å²) in [6, 6.07) is 7.09. The van der Waals surface area contributed by atoms with E-state index >= 15 is 0 Å². The summed E-state index contributed by atoms with van der Waals surface area (Å²) in [4.78, 5) is 25.1. The molecular weight excluding hydrogens is 246 g/mol. The number of hydrogen-bond donors (Lipinski definition) is 1. The van der Waals surface area contributed by atoms with Gasteiger partial charge in [0.1, 0.15) is 5.75 Å². The minimum Gasteiger partial charge on any atom is -0.478 e. The lowest BCUT2D eigenvalue weighted by atomic mass is 9.84. The van der Waals surface area contributed by atoms with E-state index in [0.29, 0.717) is 11.4 Å².